The van der Waals surface area contributed by atoms with E-state index in [9.17, 15) is 9.90 Å². The van der Waals surface area contributed by atoms with Crippen LogP contribution in [0, 0.1) is 5.92 Å². The number of nitrogens with zero attached hydrogens (tertiary/aromatic N) is 2. The van der Waals surface area contributed by atoms with Crippen LogP contribution in [0.5, 0.6) is 0 Å². The first kappa shape index (κ1) is 22.4. The van der Waals surface area contributed by atoms with E-state index in [2.05, 4.69) is 16.8 Å². The lowest BCUT2D eigenvalue weighted by molar-refractivity contribution is 0.103. The van der Waals surface area contributed by atoms with Crippen molar-refractivity contribution in [3.05, 3.63) is 101 Å². The van der Waals surface area contributed by atoms with Crippen molar-refractivity contribution in [2.45, 2.75) is 32.2 Å². The molecule has 1 fully saturated rings. The van der Waals surface area contributed by atoms with Gasteiger partial charge in [0.05, 0.1) is 17.3 Å². The molecule has 1 saturated carbocycles. The molecule has 5 nitrogen and oxygen atoms in total. The number of ketones is 1. The lowest BCUT2D eigenvalue weighted by Crippen LogP contribution is -2.09. The second kappa shape index (κ2) is 10.6. The molecule has 2 aromatic carbocycles. The third-order valence-electron chi connectivity index (χ3n) is 5.08. The molecule has 1 aliphatic carbocycles. The molecule has 0 aliphatic heterocycles. The number of azo groups is 1. The van der Waals surface area contributed by atoms with E-state index < -0.39 is 6.04 Å². The Morgan fingerprint density at radius 1 is 1.16 bits per heavy atom. The fraction of sp³-hybridized carbons (Fsp3) is 0.269. The SMILES string of the molecule is C=C(/C=C(O)\C(=C/[C@H](C)/N=N/c1ccc(CCO)cc1)C(=O)c1ccccc1)C1CC1. The van der Waals surface area contributed by atoms with Crippen LogP contribution < -0.4 is 0 Å². The maximum atomic E-state index is 13.1. The summed E-state index contributed by atoms with van der Waals surface area (Å²) in [4.78, 5) is 13.1. The average molecular weight is 417 g/mol. The number of hydrogen-bond acceptors (Lipinski definition) is 5. The summed E-state index contributed by atoms with van der Waals surface area (Å²) < 4.78 is 0. The Hall–Kier alpha value is -3.31. The van der Waals surface area contributed by atoms with Gasteiger partial charge >= 0.3 is 0 Å². The van der Waals surface area contributed by atoms with Gasteiger partial charge in [0.1, 0.15) is 5.76 Å². The van der Waals surface area contributed by atoms with E-state index in [0.29, 0.717) is 23.6 Å². The summed E-state index contributed by atoms with van der Waals surface area (Å²) in [5.41, 5.74) is 3.23. The molecule has 31 heavy (non-hydrogen) atoms. The van der Waals surface area contributed by atoms with Gasteiger partial charge in [-0.2, -0.15) is 10.2 Å². The molecule has 0 unspecified atom stereocenters. The summed E-state index contributed by atoms with van der Waals surface area (Å²) in [6, 6.07) is 15.9. The highest BCUT2D eigenvalue weighted by molar-refractivity contribution is 6.11. The number of allylic oxidation sites excluding steroid dienone is 3. The van der Waals surface area contributed by atoms with E-state index in [1.165, 1.54) is 0 Å². The first-order chi connectivity index (χ1) is 15.0. The van der Waals surface area contributed by atoms with E-state index in [1.807, 2.05) is 37.3 Å². The third kappa shape index (κ3) is 6.59. The zero-order chi connectivity index (χ0) is 22.2. The largest absolute Gasteiger partial charge is 0.507 e. The minimum absolute atomic E-state index is 0.0961. The molecule has 0 spiro atoms. The van der Waals surface area contributed by atoms with Crippen molar-refractivity contribution in [1.82, 2.24) is 0 Å². The van der Waals surface area contributed by atoms with Gasteiger partial charge in [-0.15, -0.1) is 0 Å². The van der Waals surface area contributed by atoms with Crippen molar-refractivity contribution in [1.29, 1.82) is 0 Å². The predicted molar refractivity (Wildman–Crippen MR) is 123 cm³/mol. The van der Waals surface area contributed by atoms with Crippen molar-refractivity contribution in [3.63, 3.8) is 0 Å². The zero-order valence-electron chi connectivity index (χ0n) is 17.7. The molecule has 1 aliphatic rings. The Balaban J connectivity index is 1.82. The van der Waals surface area contributed by atoms with Gasteiger partial charge in [0.2, 0.25) is 0 Å². The fourth-order valence-electron chi connectivity index (χ4n) is 3.14. The van der Waals surface area contributed by atoms with Crippen LogP contribution in [0.4, 0.5) is 5.69 Å². The molecule has 0 saturated heterocycles. The van der Waals surface area contributed by atoms with E-state index in [1.54, 1.807) is 36.4 Å². The molecule has 0 bridgehead atoms. The van der Waals surface area contributed by atoms with E-state index in [4.69, 9.17) is 5.11 Å². The van der Waals surface area contributed by atoms with Crippen LogP contribution in [0.15, 0.2) is 100 Å². The Morgan fingerprint density at radius 2 is 1.84 bits per heavy atom. The van der Waals surface area contributed by atoms with Gasteiger partial charge in [-0.05, 0) is 67.5 Å². The topological polar surface area (TPSA) is 82.2 Å². The monoisotopic (exact) mass is 416 g/mol. The van der Waals surface area contributed by atoms with Crippen molar-refractivity contribution in [2.24, 2.45) is 16.1 Å². The molecule has 3 rings (SSSR count). The second-order valence-electron chi connectivity index (χ2n) is 7.75. The Morgan fingerprint density at radius 3 is 2.45 bits per heavy atom. The number of aliphatic hydroxyl groups is 2. The Labute approximate surface area is 183 Å². The molecule has 0 radical (unpaired) electrons. The number of carbonyl (C=O) groups is 1. The van der Waals surface area contributed by atoms with Crippen LogP contribution >= 0.6 is 0 Å². The molecule has 160 valence electrons. The zero-order valence-corrected chi connectivity index (χ0v) is 17.7. The maximum absolute atomic E-state index is 13.1. The first-order valence-corrected chi connectivity index (χ1v) is 10.5. The predicted octanol–water partition coefficient (Wildman–Crippen LogP) is 5.91. The fourth-order valence-corrected chi connectivity index (χ4v) is 3.14. The summed E-state index contributed by atoms with van der Waals surface area (Å²) in [6.07, 6.45) is 5.95. The van der Waals surface area contributed by atoms with Gasteiger partial charge < -0.3 is 10.2 Å². The quantitative estimate of drug-likeness (QED) is 0.166. The third-order valence-corrected chi connectivity index (χ3v) is 5.08. The van der Waals surface area contributed by atoms with Crippen LogP contribution in [0.1, 0.15) is 35.7 Å². The molecule has 0 aromatic heterocycles. The van der Waals surface area contributed by atoms with Crippen LogP contribution in [0.3, 0.4) is 0 Å². The van der Waals surface area contributed by atoms with Gasteiger partial charge in [-0.3, -0.25) is 4.79 Å². The van der Waals surface area contributed by atoms with Gasteiger partial charge in [0.15, 0.2) is 5.78 Å². The number of rotatable bonds is 10. The van der Waals surface area contributed by atoms with Gasteiger partial charge in [-0.25, -0.2) is 0 Å². The maximum Gasteiger partial charge on any atom is 0.196 e. The summed E-state index contributed by atoms with van der Waals surface area (Å²) >= 11 is 0. The minimum atomic E-state index is -0.426. The number of benzene rings is 2. The summed E-state index contributed by atoms with van der Waals surface area (Å²) in [5, 5.41) is 28.2. The molecular formula is C26H28N2O3. The summed E-state index contributed by atoms with van der Waals surface area (Å²) in [7, 11) is 0. The second-order valence-corrected chi connectivity index (χ2v) is 7.75. The lowest BCUT2D eigenvalue weighted by atomic mass is 9.98. The number of aliphatic hydroxyl groups excluding tert-OH is 2. The van der Waals surface area contributed by atoms with Crippen LogP contribution in [-0.4, -0.2) is 28.6 Å². The summed E-state index contributed by atoms with van der Waals surface area (Å²) in [5.74, 6) is 0.0238. The molecule has 2 N–H and O–H groups in total. The van der Waals surface area contributed by atoms with Crippen molar-refractivity contribution in [3.8, 4) is 0 Å². The van der Waals surface area contributed by atoms with Crippen LogP contribution in [0.2, 0.25) is 0 Å². The first-order valence-electron chi connectivity index (χ1n) is 10.5. The standard InChI is InChI=1S/C26H28N2O3/c1-18(21-10-11-21)16-25(30)24(26(31)22-6-4-3-5-7-22)17-19(2)27-28-23-12-8-20(9-13-23)14-15-29/h3-9,12-13,16-17,19,21,29-30H,1,10-11,14-15H2,2H3/b24-17+,25-16+,28-27+/t19-/m0/s1. The molecule has 5 heteroatoms. The van der Waals surface area contributed by atoms with Crippen molar-refractivity contribution in [2.75, 3.05) is 6.61 Å². The van der Waals surface area contributed by atoms with Crippen LogP contribution in [-0.2, 0) is 6.42 Å². The smallest absolute Gasteiger partial charge is 0.196 e. The van der Waals surface area contributed by atoms with Gasteiger partial charge in [0, 0.05) is 12.2 Å². The highest BCUT2D eigenvalue weighted by atomic mass is 16.3. The van der Waals surface area contributed by atoms with Gasteiger partial charge in [-0.1, -0.05) is 49.0 Å². The van der Waals surface area contributed by atoms with E-state index >= 15 is 0 Å². The number of Topliss-reactive ketones (excluding diaryl/α,β-unsaturated/α-hetero) is 1. The van der Waals surface area contributed by atoms with Crippen molar-refractivity contribution >= 4 is 11.5 Å². The number of hydrogen-bond donors (Lipinski definition) is 2. The average Bonchev–Trinajstić information content (AvgIpc) is 3.63. The van der Waals surface area contributed by atoms with Gasteiger partial charge in [0.25, 0.3) is 0 Å². The minimum Gasteiger partial charge on any atom is -0.507 e. The molecular weight excluding hydrogens is 388 g/mol. The number of carbonyl (C=O) groups excluding carboxylic acids is 1. The normalized spacial score (nSPS) is 15.8. The molecule has 1 atom stereocenters. The Kier molecular flexibility index (Phi) is 7.68. The highest BCUT2D eigenvalue weighted by Gasteiger charge is 2.25. The van der Waals surface area contributed by atoms with Crippen LogP contribution in [0.25, 0.3) is 0 Å². The molecule has 2 aromatic rings. The summed E-state index contributed by atoms with van der Waals surface area (Å²) in [6.45, 7) is 5.93. The Bertz CT molecular complexity index is 1000. The molecule has 0 amide bonds. The highest BCUT2D eigenvalue weighted by Crippen LogP contribution is 2.37. The van der Waals surface area contributed by atoms with Crippen molar-refractivity contribution < 1.29 is 15.0 Å². The molecule has 0 heterocycles. The van der Waals surface area contributed by atoms with E-state index in [-0.39, 0.29) is 23.7 Å². The lowest BCUT2D eigenvalue weighted by Gasteiger charge is -2.09. The van der Waals surface area contributed by atoms with E-state index in [0.717, 1.165) is 24.0 Å².